The Hall–Kier alpha value is -1.26. The maximum Gasteiger partial charge on any atom is 0.339 e. The van der Waals surface area contributed by atoms with Gasteiger partial charge < -0.3 is 14.6 Å². The molecule has 1 aromatic rings. The highest BCUT2D eigenvalue weighted by Gasteiger charge is 2.20. The first kappa shape index (κ1) is 11.2. The van der Waals surface area contributed by atoms with Crippen LogP contribution in [0.15, 0.2) is 18.2 Å². The zero-order valence-corrected chi connectivity index (χ0v) is 9.24. The molecule has 1 atom stereocenters. The predicted molar refractivity (Wildman–Crippen MR) is 58.3 cm³/mol. The van der Waals surface area contributed by atoms with Crippen LogP contribution in [-0.4, -0.2) is 30.4 Å². The number of aromatic carboxylic acids is 1. The number of halogens is 1. The van der Waals surface area contributed by atoms with Crippen LogP contribution in [0.4, 0.5) is 0 Å². The van der Waals surface area contributed by atoms with Gasteiger partial charge in [-0.25, -0.2) is 4.79 Å². The van der Waals surface area contributed by atoms with Crippen molar-refractivity contribution in [3.05, 3.63) is 28.8 Å². The van der Waals surface area contributed by atoms with Crippen molar-refractivity contribution in [3.8, 4) is 5.75 Å². The van der Waals surface area contributed by atoms with E-state index in [0.29, 0.717) is 24.0 Å². The van der Waals surface area contributed by atoms with Crippen LogP contribution in [0.2, 0.25) is 5.02 Å². The van der Waals surface area contributed by atoms with Crippen LogP contribution in [0.25, 0.3) is 0 Å². The first-order valence-corrected chi connectivity index (χ1v) is 5.32. The van der Waals surface area contributed by atoms with Gasteiger partial charge in [-0.2, -0.15) is 0 Å². The number of benzene rings is 1. The lowest BCUT2D eigenvalue weighted by atomic mass is 10.2. The average Bonchev–Trinajstić information content (AvgIpc) is 2.73. The SMILES string of the molecule is O=C(O)c1cc(Cl)ccc1OC1CCOC1. The molecule has 0 amide bonds. The van der Waals surface area contributed by atoms with Gasteiger partial charge in [-0.15, -0.1) is 0 Å². The summed E-state index contributed by atoms with van der Waals surface area (Å²) in [5, 5.41) is 9.38. The Balaban J connectivity index is 2.21. The van der Waals surface area contributed by atoms with Gasteiger partial charge in [0.25, 0.3) is 0 Å². The van der Waals surface area contributed by atoms with Gasteiger partial charge in [0.15, 0.2) is 0 Å². The molecule has 1 N–H and O–H groups in total. The van der Waals surface area contributed by atoms with Gasteiger partial charge in [0.05, 0.1) is 13.2 Å². The fourth-order valence-corrected chi connectivity index (χ4v) is 1.73. The van der Waals surface area contributed by atoms with Crippen molar-refractivity contribution < 1.29 is 19.4 Å². The van der Waals surface area contributed by atoms with Crippen LogP contribution in [0.3, 0.4) is 0 Å². The van der Waals surface area contributed by atoms with E-state index in [1.807, 2.05) is 0 Å². The molecule has 1 aliphatic heterocycles. The Bertz CT molecular complexity index is 399. The van der Waals surface area contributed by atoms with Gasteiger partial charge in [0.2, 0.25) is 0 Å². The normalized spacial score (nSPS) is 19.7. The van der Waals surface area contributed by atoms with Crippen molar-refractivity contribution in [2.24, 2.45) is 0 Å². The highest BCUT2D eigenvalue weighted by molar-refractivity contribution is 6.31. The summed E-state index contributed by atoms with van der Waals surface area (Å²) >= 11 is 5.73. The quantitative estimate of drug-likeness (QED) is 0.883. The summed E-state index contributed by atoms with van der Waals surface area (Å²) < 4.78 is 10.7. The minimum atomic E-state index is -1.04. The molecule has 1 heterocycles. The highest BCUT2D eigenvalue weighted by atomic mass is 35.5. The molecule has 0 radical (unpaired) electrons. The van der Waals surface area contributed by atoms with Gasteiger partial charge in [0.1, 0.15) is 17.4 Å². The van der Waals surface area contributed by atoms with Crippen molar-refractivity contribution >= 4 is 17.6 Å². The second kappa shape index (κ2) is 4.72. The van der Waals surface area contributed by atoms with Gasteiger partial charge in [-0.05, 0) is 18.2 Å². The van der Waals surface area contributed by atoms with E-state index in [1.165, 1.54) is 6.07 Å². The Morgan fingerprint density at radius 3 is 3.00 bits per heavy atom. The third-order valence-corrected chi connectivity index (χ3v) is 2.59. The van der Waals surface area contributed by atoms with Gasteiger partial charge in [-0.3, -0.25) is 0 Å². The molecule has 1 saturated heterocycles. The molecular weight excluding hydrogens is 232 g/mol. The molecule has 1 aliphatic rings. The zero-order valence-electron chi connectivity index (χ0n) is 8.48. The number of carboxylic acid groups (broad SMARTS) is 1. The van der Waals surface area contributed by atoms with Crippen molar-refractivity contribution in [1.29, 1.82) is 0 Å². The summed E-state index contributed by atoms with van der Waals surface area (Å²) in [7, 11) is 0. The number of rotatable bonds is 3. The molecule has 2 rings (SSSR count). The zero-order chi connectivity index (χ0) is 11.5. The molecule has 5 heteroatoms. The molecular formula is C11H11ClO4. The van der Waals surface area contributed by atoms with E-state index in [-0.39, 0.29) is 11.7 Å². The number of ether oxygens (including phenoxy) is 2. The summed E-state index contributed by atoms with van der Waals surface area (Å²) in [6, 6.07) is 4.57. The Morgan fingerprint density at radius 1 is 1.56 bits per heavy atom. The summed E-state index contributed by atoms with van der Waals surface area (Å²) in [5.74, 6) is -0.705. The molecule has 86 valence electrons. The molecule has 0 bridgehead atoms. The van der Waals surface area contributed by atoms with E-state index >= 15 is 0 Å². The van der Waals surface area contributed by atoms with Crippen molar-refractivity contribution in [3.63, 3.8) is 0 Å². The number of carbonyl (C=O) groups is 1. The van der Waals surface area contributed by atoms with Crippen molar-refractivity contribution in [1.82, 2.24) is 0 Å². The maximum atomic E-state index is 11.0. The first-order chi connectivity index (χ1) is 7.66. The lowest BCUT2D eigenvalue weighted by Gasteiger charge is -2.13. The van der Waals surface area contributed by atoms with Crippen LogP contribution >= 0.6 is 11.6 Å². The monoisotopic (exact) mass is 242 g/mol. The molecule has 0 spiro atoms. The summed E-state index contributed by atoms with van der Waals surface area (Å²) in [6.07, 6.45) is 0.709. The average molecular weight is 243 g/mol. The van der Waals surface area contributed by atoms with Gasteiger partial charge in [0, 0.05) is 11.4 Å². The molecule has 0 aliphatic carbocycles. The maximum absolute atomic E-state index is 11.0. The lowest BCUT2D eigenvalue weighted by Crippen LogP contribution is -2.17. The first-order valence-electron chi connectivity index (χ1n) is 4.94. The molecule has 0 aromatic heterocycles. The molecule has 1 unspecified atom stereocenters. The van der Waals surface area contributed by atoms with Gasteiger partial charge >= 0.3 is 5.97 Å². The number of hydrogen-bond donors (Lipinski definition) is 1. The minimum absolute atomic E-state index is 0.0701. The molecule has 16 heavy (non-hydrogen) atoms. The second-order valence-corrected chi connectivity index (χ2v) is 3.99. The van der Waals surface area contributed by atoms with E-state index in [0.717, 1.165) is 6.42 Å². The molecule has 4 nitrogen and oxygen atoms in total. The van der Waals surface area contributed by atoms with E-state index < -0.39 is 5.97 Å². The third-order valence-electron chi connectivity index (χ3n) is 2.35. The Kier molecular flexibility index (Phi) is 3.31. The van der Waals surface area contributed by atoms with E-state index in [2.05, 4.69) is 0 Å². The van der Waals surface area contributed by atoms with Crippen LogP contribution in [-0.2, 0) is 4.74 Å². The summed E-state index contributed by atoms with van der Waals surface area (Å²) in [5.41, 5.74) is 0.0828. The third kappa shape index (κ3) is 2.46. The van der Waals surface area contributed by atoms with E-state index in [1.54, 1.807) is 12.1 Å². The lowest BCUT2D eigenvalue weighted by molar-refractivity contribution is 0.0687. The van der Waals surface area contributed by atoms with E-state index in [9.17, 15) is 4.79 Å². The summed E-state index contributed by atoms with van der Waals surface area (Å²) in [6.45, 7) is 1.16. The van der Waals surface area contributed by atoms with Gasteiger partial charge in [-0.1, -0.05) is 11.6 Å². The standard InChI is InChI=1S/C11H11ClO4/c12-7-1-2-10(9(5-7)11(13)14)16-8-3-4-15-6-8/h1-2,5,8H,3-4,6H2,(H,13,14). The van der Waals surface area contributed by atoms with Crippen LogP contribution in [0.1, 0.15) is 16.8 Å². The Labute approximate surface area is 97.7 Å². The number of carboxylic acids is 1. The topological polar surface area (TPSA) is 55.8 Å². The predicted octanol–water partition coefficient (Wildman–Crippen LogP) is 2.21. The number of hydrogen-bond acceptors (Lipinski definition) is 3. The summed E-state index contributed by atoms with van der Waals surface area (Å²) in [4.78, 5) is 11.0. The highest BCUT2D eigenvalue weighted by Crippen LogP contribution is 2.25. The molecule has 0 saturated carbocycles. The largest absolute Gasteiger partial charge is 0.487 e. The van der Waals surface area contributed by atoms with Crippen molar-refractivity contribution in [2.75, 3.05) is 13.2 Å². The Morgan fingerprint density at radius 2 is 2.38 bits per heavy atom. The second-order valence-electron chi connectivity index (χ2n) is 3.55. The van der Waals surface area contributed by atoms with Crippen LogP contribution < -0.4 is 4.74 Å². The van der Waals surface area contributed by atoms with Crippen molar-refractivity contribution in [2.45, 2.75) is 12.5 Å². The molecule has 1 fully saturated rings. The van der Waals surface area contributed by atoms with Crippen LogP contribution in [0, 0.1) is 0 Å². The fourth-order valence-electron chi connectivity index (χ4n) is 1.56. The van der Waals surface area contributed by atoms with E-state index in [4.69, 9.17) is 26.2 Å². The molecule has 1 aromatic carbocycles. The minimum Gasteiger partial charge on any atom is -0.487 e. The van der Waals surface area contributed by atoms with Crippen LogP contribution in [0.5, 0.6) is 5.75 Å². The smallest absolute Gasteiger partial charge is 0.339 e. The fraction of sp³-hybridized carbons (Fsp3) is 0.364.